The molecule has 0 aliphatic rings. The number of furan rings is 1. The molecule has 1 heterocycles. The molecule has 0 atom stereocenters. The minimum absolute atomic E-state index is 0.182. The van der Waals surface area contributed by atoms with Crippen molar-refractivity contribution in [2.45, 2.75) is 26.9 Å². The maximum atomic E-state index is 10.6. The van der Waals surface area contributed by atoms with Gasteiger partial charge in [-0.2, -0.15) is 0 Å². The van der Waals surface area contributed by atoms with Crippen LogP contribution in [0.5, 0.6) is 0 Å². The highest BCUT2D eigenvalue weighted by atomic mass is 16.5. The summed E-state index contributed by atoms with van der Waals surface area (Å²) in [6.07, 6.45) is 1.99. The minimum atomic E-state index is -0.341. The molecule has 0 amide bonds. The number of esters is 2. The maximum absolute atomic E-state index is 10.6. The van der Waals surface area contributed by atoms with E-state index >= 15 is 0 Å². The van der Waals surface area contributed by atoms with Gasteiger partial charge in [-0.25, -0.2) is 0 Å². The van der Waals surface area contributed by atoms with E-state index in [-0.39, 0.29) is 25.2 Å². The molecule has 0 bridgehead atoms. The van der Waals surface area contributed by atoms with Crippen molar-refractivity contribution in [1.29, 1.82) is 0 Å². The highest BCUT2D eigenvalue weighted by Crippen LogP contribution is 2.12. The molecule has 1 rings (SSSR count). The number of carbonyl (C=O) groups is 2. The molecule has 88 valence electrons. The van der Waals surface area contributed by atoms with Crippen LogP contribution < -0.4 is 0 Å². The fourth-order valence-corrected chi connectivity index (χ4v) is 1.18. The molecule has 0 spiro atoms. The lowest BCUT2D eigenvalue weighted by atomic mass is 10.2. The number of ether oxygens (including phenoxy) is 2. The van der Waals surface area contributed by atoms with Gasteiger partial charge in [0.1, 0.15) is 12.4 Å². The molecule has 1 aromatic heterocycles. The van der Waals surface area contributed by atoms with Gasteiger partial charge in [-0.1, -0.05) is 0 Å². The van der Waals surface area contributed by atoms with Crippen LogP contribution in [0.1, 0.15) is 25.2 Å². The van der Waals surface area contributed by atoms with E-state index in [2.05, 4.69) is 0 Å². The minimum Gasteiger partial charge on any atom is -0.469 e. The summed E-state index contributed by atoms with van der Waals surface area (Å²) in [5, 5.41) is 0. The fraction of sp³-hybridized carbons (Fsp3) is 0.455. The van der Waals surface area contributed by atoms with Gasteiger partial charge in [0.15, 0.2) is 0 Å². The summed E-state index contributed by atoms with van der Waals surface area (Å²) in [5.74, 6) is 0.00253. The maximum Gasteiger partial charge on any atom is 0.302 e. The van der Waals surface area contributed by atoms with Gasteiger partial charge in [0.25, 0.3) is 0 Å². The van der Waals surface area contributed by atoms with Crippen molar-refractivity contribution < 1.29 is 23.5 Å². The lowest BCUT2D eigenvalue weighted by molar-refractivity contribution is -0.142. The van der Waals surface area contributed by atoms with E-state index in [0.717, 1.165) is 5.56 Å². The molecule has 16 heavy (non-hydrogen) atoms. The standard InChI is InChI=1S/C11H14O5/c1-8(12)14-6-4-11-10(3-5-15-11)7-16-9(2)13/h3,5H,4,6-7H2,1-2H3. The molecule has 0 aliphatic heterocycles. The van der Waals surface area contributed by atoms with Gasteiger partial charge in [0.2, 0.25) is 0 Å². The van der Waals surface area contributed by atoms with Gasteiger partial charge in [-0.05, 0) is 6.07 Å². The average molecular weight is 226 g/mol. The third kappa shape index (κ3) is 4.16. The van der Waals surface area contributed by atoms with E-state index in [0.29, 0.717) is 12.2 Å². The Morgan fingerprint density at radius 2 is 1.94 bits per heavy atom. The molecule has 1 aromatic rings. The van der Waals surface area contributed by atoms with Crippen LogP contribution in [-0.2, 0) is 32.1 Å². The summed E-state index contributed by atoms with van der Waals surface area (Å²) < 4.78 is 14.8. The van der Waals surface area contributed by atoms with Crippen LogP contribution in [0.4, 0.5) is 0 Å². The highest BCUT2D eigenvalue weighted by molar-refractivity contribution is 5.66. The van der Waals surface area contributed by atoms with Crippen molar-refractivity contribution in [3.8, 4) is 0 Å². The second kappa shape index (κ2) is 5.95. The first-order valence-corrected chi connectivity index (χ1v) is 4.91. The molecule has 0 radical (unpaired) electrons. The summed E-state index contributed by atoms with van der Waals surface area (Å²) in [6.45, 7) is 3.14. The summed E-state index contributed by atoms with van der Waals surface area (Å²) >= 11 is 0. The summed E-state index contributed by atoms with van der Waals surface area (Å²) in [6, 6.07) is 1.73. The van der Waals surface area contributed by atoms with E-state index in [9.17, 15) is 9.59 Å². The third-order valence-electron chi connectivity index (χ3n) is 1.90. The molecule has 5 nitrogen and oxygen atoms in total. The Morgan fingerprint density at radius 3 is 2.56 bits per heavy atom. The molecule has 0 saturated heterocycles. The molecule has 0 aromatic carbocycles. The molecule has 0 N–H and O–H groups in total. The van der Waals surface area contributed by atoms with Crippen LogP contribution in [0.25, 0.3) is 0 Å². The normalized spacial score (nSPS) is 9.88. The zero-order valence-corrected chi connectivity index (χ0v) is 9.32. The molecule has 0 unspecified atom stereocenters. The predicted molar refractivity (Wildman–Crippen MR) is 54.5 cm³/mol. The Morgan fingerprint density at radius 1 is 1.25 bits per heavy atom. The Bertz CT molecular complexity index is 366. The van der Waals surface area contributed by atoms with Gasteiger partial charge in [-0.3, -0.25) is 9.59 Å². The second-order valence-electron chi connectivity index (χ2n) is 3.24. The first-order valence-electron chi connectivity index (χ1n) is 4.91. The van der Waals surface area contributed by atoms with Crippen molar-refractivity contribution in [1.82, 2.24) is 0 Å². The molecule has 5 heteroatoms. The molecular weight excluding hydrogens is 212 g/mol. The van der Waals surface area contributed by atoms with Crippen molar-refractivity contribution in [3.63, 3.8) is 0 Å². The number of hydrogen-bond donors (Lipinski definition) is 0. The Hall–Kier alpha value is -1.78. The van der Waals surface area contributed by atoms with Crippen LogP contribution in [-0.4, -0.2) is 18.5 Å². The monoisotopic (exact) mass is 226 g/mol. The van der Waals surface area contributed by atoms with E-state index in [1.807, 2.05) is 0 Å². The first-order chi connectivity index (χ1) is 7.59. The van der Waals surface area contributed by atoms with Gasteiger partial charge in [0, 0.05) is 25.8 Å². The van der Waals surface area contributed by atoms with Crippen molar-refractivity contribution in [2.24, 2.45) is 0 Å². The van der Waals surface area contributed by atoms with E-state index < -0.39 is 0 Å². The van der Waals surface area contributed by atoms with Crippen LogP contribution in [0.15, 0.2) is 16.7 Å². The predicted octanol–water partition coefficient (Wildman–Crippen LogP) is 1.45. The number of carbonyl (C=O) groups excluding carboxylic acids is 2. The van der Waals surface area contributed by atoms with Crippen LogP contribution in [0, 0.1) is 0 Å². The first kappa shape index (κ1) is 12.3. The SMILES string of the molecule is CC(=O)OCCc1occc1COC(C)=O. The van der Waals surface area contributed by atoms with Crippen LogP contribution in [0.2, 0.25) is 0 Å². The van der Waals surface area contributed by atoms with Gasteiger partial charge in [-0.15, -0.1) is 0 Å². The number of hydrogen-bond acceptors (Lipinski definition) is 5. The Balaban J connectivity index is 2.43. The highest BCUT2D eigenvalue weighted by Gasteiger charge is 2.08. The number of rotatable bonds is 5. The smallest absolute Gasteiger partial charge is 0.302 e. The van der Waals surface area contributed by atoms with E-state index in [1.54, 1.807) is 6.07 Å². The molecule has 0 aliphatic carbocycles. The van der Waals surface area contributed by atoms with Crippen molar-refractivity contribution in [2.75, 3.05) is 6.61 Å². The molecule has 0 fully saturated rings. The summed E-state index contributed by atoms with van der Waals surface area (Å²) in [7, 11) is 0. The molecular formula is C11H14O5. The lowest BCUT2D eigenvalue weighted by Gasteiger charge is -2.03. The van der Waals surface area contributed by atoms with E-state index in [1.165, 1.54) is 20.1 Å². The summed E-state index contributed by atoms with van der Waals surface area (Å²) in [5.41, 5.74) is 0.794. The van der Waals surface area contributed by atoms with Crippen LogP contribution in [0.3, 0.4) is 0 Å². The molecule has 0 saturated carbocycles. The summed E-state index contributed by atoms with van der Waals surface area (Å²) in [4.78, 5) is 21.2. The van der Waals surface area contributed by atoms with Gasteiger partial charge >= 0.3 is 11.9 Å². The quantitative estimate of drug-likeness (QED) is 0.711. The largest absolute Gasteiger partial charge is 0.469 e. The second-order valence-corrected chi connectivity index (χ2v) is 3.24. The van der Waals surface area contributed by atoms with Gasteiger partial charge < -0.3 is 13.9 Å². The van der Waals surface area contributed by atoms with Crippen LogP contribution >= 0.6 is 0 Å². The zero-order valence-electron chi connectivity index (χ0n) is 9.32. The Labute approximate surface area is 93.3 Å². The third-order valence-corrected chi connectivity index (χ3v) is 1.90. The Kier molecular flexibility index (Phi) is 4.57. The lowest BCUT2D eigenvalue weighted by Crippen LogP contribution is -2.05. The van der Waals surface area contributed by atoms with Crippen molar-refractivity contribution >= 4 is 11.9 Å². The average Bonchev–Trinajstić information content (AvgIpc) is 2.62. The van der Waals surface area contributed by atoms with Crippen molar-refractivity contribution in [3.05, 3.63) is 23.7 Å². The zero-order chi connectivity index (χ0) is 12.0. The van der Waals surface area contributed by atoms with E-state index in [4.69, 9.17) is 13.9 Å². The van der Waals surface area contributed by atoms with Gasteiger partial charge in [0.05, 0.1) is 12.9 Å². The fourth-order valence-electron chi connectivity index (χ4n) is 1.18. The topological polar surface area (TPSA) is 65.7 Å².